The van der Waals surface area contributed by atoms with Gasteiger partial charge in [0.1, 0.15) is 0 Å². The Morgan fingerprint density at radius 3 is 2.68 bits per heavy atom. The van der Waals surface area contributed by atoms with E-state index in [1.165, 1.54) is 12.1 Å². The van der Waals surface area contributed by atoms with Crippen LogP contribution in [0.25, 0.3) is 5.69 Å². The van der Waals surface area contributed by atoms with E-state index in [4.69, 9.17) is 0 Å². The first-order valence-corrected chi connectivity index (χ1v) is 10.8. The number of hydrogen-bond acceptors (Lipinski definition) is 3. The van der Waals surface area contributed by atoms with Crippen molar-refractivity contribution in [3.05, 3.63) is 101 Å². The van der Waals surface area contributed by atoms with Gasteiger partial charge in [0.15, 0.2) is 0 Å². The number of carbonyl (C=O) groups is 1. The van der Waals surface area contributed by atoms with E-state index in [1.807, 2.05) is 6.20 Å². The Morgan fingerprint density at radius 1 is 1.18 bits per heavy atom. The molecule has 172 valence electrons. The van der Waals surface area contributed by atoms with Crippen LogP contribution in [0.2, 0.25) is 0 Å². The molecule has 0 radical (unpaired) electrons. The van der Waals surface area contributed by atoms with Gasteiger partial charge in [-0.25, -0.2) is 13.5 Å². The van der Waals surface area contributed by atoms with Crippen LogP contribution in [0.4, 0.5) is 8.78 Å². The van der Waals surface area contributed by atoms with Gasteiger partial charge in [0.05, 0.1) is 17.4 Å². The monoisotopic (exact) mass is 459 g/mol. The first kappa shape index (κ1) is 22.9. The average Bonchev–Trinajstić information content (AvgIpc) is 3.54. The molecule has 2 aromatic heterocycles. The molecule has 2 aromatic carbocycles. The van der Waals surface area contributed by atoms with E-state index in [0.29, 0.717) is 28.9 Å². The van der Waals surface area contributed by atoms with E-state index in [2.05, 4.69) is 32.5 Å². The van der Waals surface area contributed by atoms with Crippen LogP contribution >= 0.6 is 0 Å². The van der Waals surface area contributed by atoms with E-state index in [1.54, 1.807) is 59.7 Å². The zero-order chi connectivity index (χ0) is 24.0. The molecule has 0 unspecified atom stereocenters. The fourth-order valence-corrected chi connectivity index (χ4v) is 3.39. The predicted octanol–water partition coefficient (Wildman–Crippen LogP) is 4.47. The standard InChI is InChI=1S/C26H23F2N5O/c1-26(27,28)23-10-6-19(7-11-23)5-8-21-16-22(9-12-24(21)33-15-3-14-32-33)25(34)29-13-2-4-20-17-30-31-18-20/h3,6-7,9-12,14-18H,2,4,13H2,1H3,(H,29,34)(H,30,31). The maximum Gasteiger partial charge on any atom is 0.270 e. The zero-order valence-corrected chi connectivity index (χ0v) is 18.6. The molecule has 0 saturated carbocycles. The fourth-order valence-electron chi connectivity index (χ4n) is 3.39. The minimum Gasteiger partial charge on any atom is -0.352 e. The van der Waals surface area contributed by atoms with Crippen LogP contribution in [0.1, 0.15) is 46.0 Å². The number of amides is 1. The lowest BCUT2D eigenvalue weighted by atomic mass is 10.1. The van der Waals surface area contributed by atoms with Gasteiger partial charge in [-0.05, 0) is 54.8 Å². The Balaban J connectivity index is 1.52. The van der Waals surface area contributed by atoms with Gasteiger partial charge in [-0.1, -0.05) is 24.0 Å². The van der Waals surface area contributed by atoms with Crippen LogP contribution < -0.4 is 5.32 Å². The van der Waals surface area contributed by atoms with Crippen molar-refractivity contribution in [2.45, 2.75) is 25.7 Å². The molecular weight excluding hydrogens is 436 g/mol. The van der Waals surface area contributed by atoms with Crippen molar-refractivity contribution in [1.29, 1.82) is 0 Å². The number of carbonyl (C=O) groups excluding carboxylic acids is 1. The van der Waals surface area contributed by atoms with Crippen molar-refractivity contribution in [2.75, 3.05) is 6.54 Å². The zero-order valence-electron chi connectivity index (χ0n) is 18.6. The first-order valence-electron chi connectivity index (χ1n) is 10.8. The molecule has 0 aliphatic carbocycles. The van der Waals surface area contributed by atoms with Gasteiger partial charge < -0.3 is 5.32 Å². The summed E-state index contributed by atoms with van der Waals surface area (Å²) in [5.74, 6) is 2.97. The molecule has 0 spiro atoms. The van der Waals surface area contributed by atoms with Crippen molar-refractivity contribution in [3.63, 3.8) is 0 Å². The van der Waals surface area contributed by atoms with E-state index < -0.39 is 5.92 Å². The summed E-state index contributed by atoms with van der Waals surface area (Å²) in [6.45, 7) is 1.39. The van der Waals surface area contributed by atoms with Gasteiger partial charge in [-0.15, -0.1) is 0 Å². The third-order valence-electron chi connectivity index (χ3n) is 5.23. The summed E-state index contributed by atoms with van der Waals surface area (Å²) >= 11 is 0. The molecule has 8 heteroatoms. The lowest BCUT2D eigenvalue weighted by Crippen LogP contribution is -2.25. The molecule has 0 bridgehead atoms. The van der Waals surface area contributed by atoms with Gasteiger partial charge in [-0.3, -0.25) is 9.89 Å². The molecule has 0 fully saturated rings. The number of rotatable bonds is 7. The number of hydrogen-bond donors (Lipinski definition) is 2. The number of nitrogens with one attached hydrogen (secondary N) is 2. The van der Waals surface area contributed by atoms with Crippen LogP contribution in [0, 0.1) is 11.8 Å². The second-order valence-electron chi connectivity index (χ2n) is 7.86. The average molecular weight is 460 g/mol. The Labute approximate surface area is 196 Å². The Morgan fingerprint density at radius 2 is 2.00 bits per heavy atom. The van der Waals surface area contributed by atoms with E-state index in [0.717, 1.165) is 25.3 Å². The van der Waals surface area contributed by atoms with Crippen molar-refractivity contribution >= 4 is 5.91 Å². The third kappa shape index (κ3) is 5.75. The highest BCUT2D eigenvalue weighted by Gasteiger charge is 2.23. The summed E-state index contributed by atoms with van der Waals surface area (Å²) in [5.41, 5.74) is 3.40. The van der Waals surface area contributed by atoms with Crippen LogP contribution in [0.3, 0.4) is 0 Å². The van der Waals surface area contributed by atoms with Crippen LogP contribution in [-0.4, -0.2) is 32.4 Å². The number of alkyl halides is 2. The number of halogens is 2. The summed E-state index contributed by atoms with van der Waals surface area (Å²) in [7, 11) is 0. The topological polar surface area (TPSA) is 75.6 Å². The molecule has 0 saturated heterocycles. The van der Waals surface area contributed by atoms with Gasteiger partial charge in [0.2, 0.25) is 0 Å². The molecule has 2 heterocycles. The number of benzene rings is 2. The molecule has 1 amide bonds. The number of nitrogens with zero attached hydrogens (tertiary/aromatic N) is 3. The molecule has 6 nitrogen and oxygen atoms in total. The lowest BCUT2D eigenvalue weighted by molar-refractivity contribution is 0.0174. The molecule has 34 heavy (non-hydrogen) atoms. The Bertz CT molecular complexity index is 1300. The second kappa shape index (κ2) is 10.1. The summed E-state index contributed by atoms with van der Waals surface area (Å²) in [6.07, 6.45) is 8.64. The summed E-state index contributed by atoms with van der Waals surface area (Å²) in [6, 6.07) is 12.9. The molecule has 4 rings (SSSR count). The van der Waals surface area contributed by atoms with Gasteiger partial charge in [0.25, 0.3) is 11.8 Å². The summed E-state index contributed by atoms with van der Waals surface area (Å²) in [5, 5.41) is 13.9. The highest BCUT2D eigenvalue weighted by atomic mass is 19.3. The lowest BCUT2D eigenvalue weighted by Gasteiger charge is -2.10. The predicted molar refractivity (Wildman–Crippen MR) is 125 cm³/mol. The molecule has 4 aromatic rings. The maximum absolute atomic E-state index is 13.5. The van der Waals surface area contributed by atoms with Crippen LogP contribution in [0.15, 0.2) is 73.3 Å². The van der Waals surface area contributed by atoms with Crippen molar-refractivity contribution < 1.29 is 13.6 Å². The smallest absolute Gasteiger partial charge is 0.270 e. The molecule has 0 aliphatic heterocycles. The van der Waals surface area contributed by atoms with E-state index in [-0.39, 0.29) is 11.5 Å². The van der Waals surface area contributed by atoms with E-state index >= 15 is 0 Å². The van der Waals surface area contributed by atoms with E-state index in [9.17, 15) is 13.6 Å². The highest BCUT2D eigenvalue weighted by molar-refractivity contribution is 5.95. The minimum atomic E-state index is -2.90. The van der Waals surface area contributed by atoms with Crippen molar-refractivity contribution in [2.24, 2.45) is 0 Å². The first-order chi connectivity index (χ1) is 16.4. The molecule has 2 N–H and O–H groups in total. The highest BCUT2D eigenvalue weighted by Crippen LogP contribution is 2.26. The molecule has 0 atom stereocenters. The summed E-state index contributed by atoms with van der Waals surface area (Å²) < 4.78 is 28.6. The number of aromatic amines is 1. The number of aryl methyl sites for hydroxylation is 1. The van der Waals surface area contributed by atoms with Crippen LogP contribution in [-0.2, 0) is 12.3 Å². The Hall–Kier alpha value is -4.25. The molecular formula is C26H23F2N5O. The largest absolute Gasteiger partial charge is 0.352 e. The van der Waals surface area contributed by atoms with Gasteiger partial charge >= 0.3 is 0 Å². The molecule has 0 aliphatic rings. The maximum atomic E-state index is 13.5. The number of aromatic nitrogens is 4. The summed E-state index contributed by atoms with van der Waals surface area (Å²) in [4.78, 5) is 12.7. The van der Waals surface area contributed by atoms with Crippen molar-refractivity contribution in [3.8, 4) is 17.5 Å². The SMILES string of the molecule is CC(F)(F)c1ccc(C#Cc2cc(C(=O)NCCCc3cn[nH]c3)ccc2-n2cccn2)cc1. The van der Waals surface area contributed by atoms with Gasteiger partial charge in [0, 0.05) is 48.7 Å². The van der Waals surface area contributed by atoms with Crippen molar-refractivity contribution in [1.82, 2.24) is 25.3 Å². The van der Waals surface area contributed by atoms with Gasteiger partial charge in [-0.2, -0.15) is 10.2 Å². The fraction of sp³-hybridized carbons (Fsp3) is 0.192. The number of H-pyrrole nitrogens is 1. The normalized spacial score (nSPS) is 11.0. The minimum absolute atomic E-state index is 0.0679. The second-order valence-corrected chi connectivity index (χ2v) is 7.86. The third-order valence-corrected chi connectivity index (χ3v) is 5.23. The quantitative estimate of drug-likeness (QED) is 0.316. The van der Waals surface area contributed by atoms with Crippen LogP contribution in [0.5, 0.6) is 0 Å². The Kier molecular flexibility index (Phi) is 6.83.